The fourth-order valence-corrected chi connectivity index (χ4v) is 3.20. The molecule has 3 aromatic rings. The maximum atomic E-state index is 11.9. The van der Waals surface area contributed by atoms with Crippen LogP contribution in [0.5, 0.6) is 5.75 Å². The molecule has 1 aromatic carbocycles. The van der Waals surface area contributed by atoms with Crippen molar-refractivity contribution in [2.75, 3.05) is 12.4 Å². The number of rotatable bonds is 4. The molecule has 0 fully saturated rings. The van der Waals surface area contributed by atoms with Gasteiger partial charge in [-0.25, -0.2) is 4.98 Å². The van der Waals surface area contributed by atoms with Gasteiger partial charge in [0.2, 0.25) is 10.1 Å². The molecule has 114 valence electrons. The number of fused-ring (bicyclic) bond motifs is 1. The maximum Gasteiger partial charge on any atom is 0.275 e. The molecule has 0 aliphatic heterocycles. The van der Waals surface area contributed by atoms with Crippen molar-refractivity contribution < 1.29 is 4.74 Å². The third-order valence-corrected chi connectivity index (χ3v) is 4.16. The fraction of sp³-hybridized carbons (Fsp3) is 0.267. The quantitative estimate of drug-likeness (QED) is 0.801. The molecule has 0 spiro atoms. The minimum Gasteiger partial charge on any atom is -0.496 e. The highest BCUT2D eigenvalue weighted by atomic mass is 32.1. The number of methoxy groups -OCH3 is 1. The second-order valence-corrected chi connectivity index (χ2v) is 5.90. The van der Waals surface area contributed by atoms with E-state index < -0.39 is 0 Å². The molecular weight excluding hydrogens is 300 g/mol. The van der Waals surface area contributed by atoms with Gasteiger partial charge in [-0.05, 0) is 19.9 Å². The number of anilines is 1. The van der Waals surface area contributed by atoms with Crippen molar-refractivity contribution in [2.45, 2.75) is 19.9 Å². The molecule has 1 atom stereocenters. The predicted octanol–water partition coefficient (Wildman–Crippen LogP) is 2.64. The van der Waals surface area contributed by atoms with E-state index in [2.05, 4.69) is 15.4 Å². The summed E-state index contributed by atoms with van der Waals surface area (Å²) in [4.78, 5) is 16.8. The van der Waals surface area contributed by atoms with Gasteiger partial charge in [-0.15, -0.1) is 5.10 Å². The average Bonchev–Trinajstić information content (AvgIpc) is 2.89. The summed E-state index contributed by atoms with van der Waals surface area (Å²) < 4.78 is 6.69. The Labute approximate surface area is 131 Å². The first kappa shape index (κ1) is 14.5. The summed E-state index contributed by atoms with van der Waals surface area (Å²) >= 11 is 1.35. The first-order valence-corrected chi connectivity index (χ1v) is 7.67. The van der Waals surface area contributed by atoms with Crippen molar-refractivity contribution >= 4 is 21.4 Å². The molecule has 0 unspecified atom stereocenters. The van der Waals surface area contributed by atoms with Crippen molar-refractivity contribution in [3.8, 4) is 5.75 Å². The molecule has 6 nitrogen and oxygen atoms in total. The van der Waals surface area contributed by atoms with Gasteiger partial charge in [0, 0.05) is 17.3 Å². The molecule has 0 aliphatic rings. The van der Waals surface area contributed by atoms with Crippen molar-refractivity contribution in [3.63, 3.8) is 0 Å². The Morgan fingerprint density at radius 3 is 2.91 bits per heavy atom. The van der Waals surface area contributed by atoms with Gasteiger partial charge in [-0.1, -0.05) is 29.5 Å². The van der Waals surface area contributed by atoms with Crippen LogP contribution in [0, 0.1) is 6.92 Å². The van der Waals surface area contributed by atoms with Crippen LogP contribution in [0.1, 0.15) is 24.2 Å². The second-order valence-electron chi connectivity index (χ2n) is 4.95. The maximum absolute atomic E-state index is 11.9. The number of aryl methyl sites for hydroxylation is 1. The van der Waals surface area contributed by atoms with E-state index in [1.165, 1.54) is 21.9 Å². The van der Waals surface area contributed by atoms with Crippen LogP contribution < -0.4 is 15.6 Å². The van der Waals surface area contributed by atoms with Crippen LogP contribution in [0.25, 0.3) is 4.96 Å². The number of nitrogens with one attached hydrogen (secondary N) is 1. The van der Waals surface area contributed by atoms with E-state index in [4.69, 9.17) is 4.74 Å². The highest BCUT2D eigenvalue weighted by molar-refractivity contribution is 7.20. The zero-order valence-corrected chi connectivity index (χ0v) is 13.3. The van der Waals surface area contributed by atoms with E-state index in [-0.39, 0.29) is 11.6 Å². The minimum atomic E-state index is -0.170. The Morgan fingerprint density at radius 2 is 2.14 bits per heavy atom. The van der Waals surface area contributed by atoms with Gasteiger partial charge in [-0.2, -0.15) is 4.52 Å². The van der Waals surface area contributed by atoms with Crippen LogP contribution in [0.2, 0.25) is 0 Å². The summed E-state index contributed by atoms with van der Waals surface area (Å²) in [7, 11) is 1.65. The monoisotopic (exact) mass is 316 g/mol. The third kappa shape index (κ3) is 2.67. The van der Waals surface area contributed by atoms with Crippen LogP contribution >= 0.6 is 11.3 Å². The van der Waals surface area contributed by atoms with Crippen LogP contribution in [-0.4, -0.2) is 21.7 Å². The zero-order valence-electron chi connectivity index (χ0n) is 12.5. The Hall–Kier alpha value is -2.41. The standard InChI is InChI=1S/C15H16N4O2S/c1-9-8-13(20)19-15(16-9)22-14(18-19)17-10(2)11-6-4-5-7-12(11)21-3/h4-8,10H,1-3H3,(H,17,18)/t10-/m0/s1. The van der Waals surface area contributed by atoms with Gasteiger partial charge >= 0.3 is 0 Å². The van der Waals surface area contributed by atoms with Gasteiger partial charge in [0.1, 0.15) is 5.75 Å². The van der Waals surface area contributed by atoms with Crippen LogP contribution in [0.4, 0.5) is 5.13 Å². The molecule has 0 bridgehead atoms. The molecule has 1 N–H and O–H groups in total. The molecule has 0 amide bonds. The van der Waals surface area contributed by atoms with Crippen molar-refractivity contribution in [1.29, 1.82) is 0 Å². The average molecular weight is 316 g/mol. The number of hydrogen-bond donors (Lipinski definition) is 1. The normalized spacial score (nSPS) is 12.3. The van der Waals surface area contributed by atoms with Gasteiger partial charge < -0.3 is 10.1 Å². The predicted molar refractivity (Wildman–Crippen MR) is 86.9 cm³/mol. The third-order valence-electron chi connectivity index (χ3n) is 3.32. The van der Waals surface area contributed by atoms with Gasteiger partial charge in [0.25, 0.3) is 5.56 Å². The lowest BCUT2D eigenvalue weighted by molar-refractivity contribution is 0.408. The zero-order chi connectivity index (χ0) is 15.7. The van der Waals surface area contributed by atoms with E-state index in [1.807, 2.05) is 31.2 Å². The SMILES string of the molecule is COc1ccccc1[C@H](C)Nc1nn2c(=O)cc(C)nc2s1. The minimum absolute atomic E-state index is 0.00601. The second kappa shape index (κ2) is 5.76. The number of benzene rings is 1. The van der Waals surface area contributed by atoms with Crippen LogP contribution in [0.3, 0.4) is 0 Å². The number of para-hydroxylation sites is 1. The summed E-state index contributed by atoms with van der Waals surface area (Å²) in [5.74, 6) is 0.815. The molecule has 2 heterocycles. The molecule has 22 heavy (non-hydrogen) atoms. The Morgan fingerprint density at radius 1 is 1.36 bits per heavy atom. The van der Waals surface area contributed by atoms with Crippen molar-refractivity contribution in [2.24, 2.45) is 0 Å². The summed E-state index contributed by atoms with van der Waals surface area (Å²) in [6.45, 7) is 3.82. The summed E-state index contributed by atoms with van der Waals surface area (Å²) in [5, 5.41) is 8.23. The largest absolute Gasteiger partial charge is 0.496 e. The van der Waals surface area contributed by atoms with Gasteiger partial charge in [-0.3, -0.25) is 4.79 Å². The molecule has 0 radical (unpaired) electrons. The van der Waals surface area contributed by atoms with E-state index in [0.717, 1.165) is 11.3 Å². The number of nitrogens with zero attached hydrogens (tertiary/aromatic N) is 3. The first-order chi connectivity index (χ1) is 10.6. The Kier molecular flexibility index (Phi) is 3.81. The highest BCUT2D eigenvalue weighted by Crippen LogP contribution is 2.28. The van der Waals surface area contributed by atoms with E-state index in [0.29, 0.717) is 15.8 Å². The summed E-state index contributed by atoms with van der Waals surface area (Å²) in [6, 6.07) is 9.27. The number of aromatic nitrogens is 3. The topological polar surface area (TPSA) is 68.5 Å². The van der Waals surface area contributed by atoms with E-state index in [1.54, 1.807) is 14.0 Å². The van der Waals surface area contributed by atoms with Crippen molar-refractivity contribution in [1.82, 2.24) is 14.6 Å². The van der Waals surface area contributed by atoms with Crippen LogP contribution in [0.15, 0.2) is 35.1 Å². The first-order valence-electron chi connectivity index (χ1n) is 6.85. The lowest BCUT2D eigenvalue weighted by atomic mass is 10.1. The fourth-order valence-electron chi connectivity index (χ4n) is 2.27. The smallest absolute Gasteiger partial charge is 0.275 e. The van der Waals surface area contributed by atoms with Crippen molar-refractivity contribution in [3.05, 3.63) is 51.9 Å². The molecule has 0 aliphatic carbocycles. The number of hydrogen-bond acceptors (Lipinski definition) is 6. The van der Waals surface area contributed by atoms with E-state index in [9.17, 15) is 4.79 Å². The van der Waals surface area contributed by atoms with Gasteiger partial charge in [0.05, 0.1) is 13.2 Å². The number of ether oxygens (including phenoxy) is 1. The summed E-state index contributed by atoms with van der Waals surface area (Å²) in [5.41, 5.74) is 1.55. The molecule has 2 aromatic heterocycles. The Bertz CT molecular complexity index is 871. The highest BCUT2D eigenvalue weighted by Gasteiger charge is 2.14. The molecule has 7 heteroatoms. The summed E-state index contributed by atoms with van der Waals surface area (Å²) in [6.07, 6.45) is 0. The lowest BCUT2D eigenvalue weighted by Crippen LogP contribution is -2.15. The lowest BCUT2D eigenvalue weighted by Gasteiger charge is -2.16. The molecule has 0 saturated heterocycles. The van der Waals surface area contributed by atoms with E-state index >= 15 is 0 Å². The molecule has 0 saturated carbocycles. The van der Waals surface area contributed by atoms with Crippen LogP contribution in [-0.2, 0) is 0 Å². The Balaban J connectivity index is 1.93. The molecule has 3 rings (SSSR count). The molecular formula is C15H16N4O2S. The van der Waals surface area contributed by atoms with Gasteiger partial charge in [0.15, 0.2) is 0 Å².